The molecule has 4 atom stereocenters. The average molecular weight is 502 g/mol. The van der Waals surface area contributed by atoms with Crippen LogP contribution >= 0.6 is 0 Å². The van der Waals surface area contributed by atoms with Crippen LogP contribution in [0, 0.1) is 23.7 Å². The number of fused-ring (bicyclic) bond motifs is 3. The van der Waals surface area contributed by atoms with E-state index < -0.39 is 23.3 Å². The summed E-state index contributed by atoms with van der Waals surface area (Å²) in [7, 11) is 1.47. The number of carbonyl (C=O) groups excluding carboxylic acids is 4. The van der Waals surface area contributed by atoms with Gasteiger partial charge in [0.2, 0.25) is 11.8 Å². The smallest absolute Gasteiger partial charge is 0.234 e. The van der Waals surface area contributed by atoms with Gasteiger partial charge in [-0.25, -0.2) is 0 Å². The number of nitrogens with zero attached hydrogens (tertiary/aromatic N) is 1. The first kappa shape index (κ1) is 24.9. The van der Waals surface area contributed by atoms with Crippen molar-refractivity contribution in [1.29, 1.82) is 0 Å². The number of amides is 2. The lowest BCUT2D eigenvalue weighted by molar-refractivity contribution is -0.145. The summed E-state index contributed by atoms with van der Waals surface area (Å²) in [6, 6.07) is 4.95. The normalized spacial score (nSPS) is 27.8. The Kier molecular flexibility index (Phi) is 5.85. The molecule has 1 aromatic rings. The molecule has 0 spiro atoms. The van der Waals surface area contributed by atoms with Crippen LogP contribution in [0.2, 0.25) is 0 Å². The molecule has 5 rings (SSSR count). The first-order chi connectivity index (χ1) is 17.4. The average Bonchev–Trinajstić information content (AvgIpc) is 3.11. The fourth-order valence-electron chi connectivity index (χ4n) is 6.30. The molecule has 0 aromatic heterocycles. The molecule has 1 heterocycles. The highest BCUT2D eigenvalue weighted by molar-refractivity contribution is 6.23. The van der Waals surface area contributed by atoms with E-state index in [1.807, 2.05) is 39.0 Å². The number of likely N-dealkylation sites (tertiary alicyclic amines) is 1. The number of phenolic OH excluding ortho intramolecular Hbond substituents is 1. The lowest BCUT2D eigenvalue weighted by Crippen LogP contribution is -2.46. The highest BCUT2D eigenvalue weighted by Gasteiger charge is 2.57. The summed E-state index contributed by atoms with van der Waals surface area (Å²) in [4.78, 5) is 54.8. The van der Waals surface area contributed by atoms with Crippen molar-refractivity contribution in [2.45, 2.75) is 46.1 Å². The van der Waals surface area contributed by atoms with Crippen LogP contribution in [-0.2, 0) is 19.2 Å². The van der Waals surface area contributed by atoms with Gasteiger partial charge in [-0.3, -0.25) is 24.1 Å². The number of methoxy groups -OCH3 is 1. The molecule has 0 bridgehead atoms. The van der Waals surface area contributed by atoms with Gasteiger partial charge < -0.3 is 9.84 Å². The van der Waals surface area contributed by atoms with Crippen molar-refractivity contribution in [1.82, 2.24) is 4.90 Å². The van der Waals surface area contributed by atoms with Gasteiger partial charge in [-0.1, -0.05) is 29.9 Å². The Hall–Kier alpha value is -3.74. The van der Waals surface area contributed by atoms with Crippen molar-refractivity contribution < 1.29 is 29.0 Å². The molecule has 1 aromatic carbocycles. The monoisotopic (exact) mass is 501 g/mol. The van der Waals surface area contributed by atoms with Gasteiger partial charge in [-0.15, -0.1) is 0 Å². The van der Waals surface area contributed by atoms with E-state index in [0.717, 1.165) is 11.1 Å². The predicted molar refractivity (Wildman–Crippen MR) is 137 cm³/mol. The van der Waals surface area contributed by atoms with Crippen molar-refractivity contribution in [3.8, 4) is 11.5 Å². The Balaban J connectivity index is 1.61. The third-order valence-corrected chi connectivity index (χ3v) is 7.97. The molecule has 1 aliphatic heterocycles. The lowest BCUT2D eigenvalue weighted by Gasteiger charge is -2.41. The number of Topliss-reactive ketones (excluding diaryl/α,β-unsaturated/α-hetero) is 1. The number of hydrogen-bond donors (Lipinski definition) is 1. The third kappa shape index (κ3) is 3.88. The van der Waals surface area contributed by atoms with Crippen molar-refractivity contribution in [3.63, 3.8) is 0 Å². The van der Waals surface area contributed by atoms with E-state index in [-0.39, 0.29) is 41.5 Å². The summed E-state index contributed by atoms with van der Waals surface area (Å²) < 4.78 is 5.22. The third-order valence-electron chi connectivity index (χ3n) is 7.97. The summed E-state index contributed by atoms with van der Waals surface area (Å²) in [6.07, 6.45) is 7.79. The predicted octanol–water partition coefficient (Wildman–Crippen LogP) is 4.17. The van der Waals surface area contributed by atoms with E-state index >= 15 is 0 Å². The molecule has 1 saturated heterocycles. The minimum Gasteiger partial charge on any atom is -0.504 e. The Bertz CT molecular complexity index is 1370. The Labute approximate surface area is 216 Å². The molecule has 192 valence electrons. The van der Waals surface area contributed by atoms with Crippen LogP contribution in [-0.4, -0.2) is 46.0 Å². The van der Waals surface area contributed by atoms with E-state index in [2.05, 4.69) is 0 Å². The molecule has 1 N–H and O–H groups in total. The SMILES string of the molecule is COc1cc(C=CC2C3=CCC4C(=O)N(C(C)(C)C)C(=O)C4C3CC3=C2C(=O)C(C)=CC3=O)ccc1O. The Morgan fingerprint density at radius 3 is 2.49 bits per heavy atom. The fourth-order valence-corrected chi connectivity index (χ4v) is 6.30. The summed E-state index contributed by atoms with van der Waals surface area (Å²) in [5.74, 6) is -2.25. The fraction of sp³-hybridized carbons (Fsp3) is 0.400. The van der Waals surface area contributed by atoms with E-state index in [0.29, 0.717) is 28.9 Å². The van der Waals surface area contributed by atoms with Gasteiger partial charge in [0.05, 0.1) is 18.9 Å². The second kappa shape index (κ2) is 8.68. The molecule has 37 heavy (non-hydrogen) atoms. The summed E-state index contributed by atoms with van der Waals surface area (Å²) in [6.45, 7) is 7.20. The molecule has 7 nitrogen and oxygen atoms in total. The zero-order valence-electron chi connectivity index (χ0n) is 21.7. The number of rotatable bonds is 3. The highest BCUT2D eigenvalue weighted by Crippen LogP contribution is 2.53. The summed E-state index contributed by atoms with van der Waals surface area (Å²) in [5, 5.41) is 9.95. The minimum atomic E-state index is -0.640. The molecule has 1 fully saturated rings. The van der Waals surface area contributed by atoms with Crippen molar-refractivity contribution in [3.05, 3.63) is 64.3 Å². The van der Waals surface area contributed by atoms with Gasteiger partial charge in [-0.05, 0) is 70.2 Å². The number of phenols is 1. The minimum absolute atomic E-state index is 0.0186. The van der Waals surface area contributed by atoms with E-state index in [1.165, 1.54) is 24.2 Å². The van der Waals surface area contributed by atoms with Crippen LogP contribution in [0.15, 0.2) is 58.7 Å². The molecule has 0 radical (unpaired) electrons. The first-order valence-electron chi connectivity index (χ1n) is 12.6. The lowest BCUT2D eigenvalue weighted by atomic mass is 9.60. The number of hydrogen-bond acceptors (Lipinski definition) is 6. The molecular weight excluding hydrogens is 470 g/mol. The van der Waals surface area contributed by atoms with Gasteiger partial charge in [0, 0.05) is 28.2 Å². The van der Waals surface area contributed by atoms with Crippen LogP contribution < -0.4 is 4.74 Å². The van der Waals surface area contributed by atoms with Gasteiger partial charge in [-0.2, -0.15) is 0 Å². The largest absolute Gasteiger partial charge is 0.504 e. The van der Waals surface area contributed by atoms with Crippen molar-refractivity contribution in [2.75, 3.05) is 7.11 Å². The molecule has 3 aliphatic carbocycles. The van der Waals surface area contributed by atoms with Crippen LogP contribution in [0.4, 0.5) is 0 Å². The molecule has 4 unspecified atom stereocenters. The number of imide groups is 1. The number of aromatic hydroxyl groups is 1. The van der Waals surface area contributed by atoms with E-state index in [1.54, 1.807) is 19.1 Å². The molecule has 4 aliphatic rings. The maximum atomic E-state index is 13.6. The van der Waals surface area contributed by atoms with Gasteiger partial charge >= 0.3 is 0 Å². The summed E-state index contributed by atoms with van der Waals surface area (Å²) >= 11 is 0. The van der Waals surface area contributed by atoms with Crippen LogP contribution in [0.5, 0.6) is 11.5 Å². The topological polar surface area (TPSA) is 101 Å². The van der Waals surface area contributed by atoms with E-state index in [4.69, 9.17) is 4.74 Å². The quantitative estimate of drug-likeness (QED) is 0.379. The second-order valence-corrected chi connectivity index (χ2v) is 11.2. The maximum Gasteiger partial charge on any atom is 0.234 e. The second-order valence-electron chi connectivity index (χ2n) is 11.2. The zero-order chi connectivity index (χ0) is 26.8. The van der Waals surface area contributed by atoms with Gasteiger partial charge in [0.15, 0.2) is 23.1 Å². The number of allylic oxidation sites excluding steroid dienone is 7. The number of ketones is 2. The number of ether oxygens (including phenoxy) is 1. The highest BCUT2D eigenvalue weighted by atomic mass is 16.5. The number of carbonyl (C=O) groups is 4. The van der Waals surface area contributed by atoms with E-state index in [9.17, 15) is 24.3 Å². The molecular formula is C30H31NO6. The summed E-state index contributed by atoms with van der Waals surface area (Å²) in [5.41, 5.74) is 2.31. The standard InChI is InChI=1S/C30H31NO6/c1-15-12-23(33)21-14-20-17(9-10-19-26(20)29(36)31(28(19)35)30(2,3)4)18(25(21)27(15)34)8-6-16-7-11-22(32)24(13-16)37-5/h6-9,11-13,18-20,26,32H,10,14H2,1-5H3. The van der Waals surface area contributed by atoms with Crippen molar-refractivity contribution >= 4 is 29.5 Å². The maximum absolute atomic E-state index is 13.6. The van der Waals surface area contributed by atoms with Crippen LogP contribution in [0.3, 0.4) is 0 Å². The van der Waals surface area contributed by atoms with Crippen LogP contribution in [0.25, 0.3) is 6.08 Å². The Morgan fingerprint density at radius 1 is 1.08 bits per heavy atom. The zero-order valence-corrected chi connectivity index (χ0v) is 21.7. The molecule has 2 amide bonds. The molecule has 7 heteroatoms. The van der Waals surface area contributed by atoms with Gasteiger partial charge in [0.1, 0.15) is 0 Å². The van der Waals surface area contributed by atoms with Crippen LogP contribution in [0.1, 0.15) is 46.1 Å². The molecule has 0 saturated carbocycles. The van der Waals surface area contributed by atoms with Gasteiger partial charge in [0.25, 0.3) is 0 Å². The number of benzene rings is 1. The Morgan fingerprint density at radius 2 is 1.81 bits per heavy atom. The first-order valence-corrected chi connectivity index (χ1v) is 12.6. The van der Waals surface area contributed by atoms with Crippen molar-refractivity contribution in [2.24, 2.45) is 23.7 Å².